The fraction of sp³-hybridized carbons (Fsp3) is 0.294. The van der Waals surface area contributed by atoms with E-state index in [0.29, 0.717) is 18.8 Å². The number of methoxy groups -OCH3 is 1. The summed E-state index contributed by atoms with van der Waals surface area (Å²) in [6.07, 6.45) is 0. The number of hydrogen-bond acceptors (Lipinski definition) is 4. The lowest BCUT2D eigenvalue weighted by Gasteiger charge is -2.36. The highest BCUT2D eigenvalue weighted by molar-refractivity contribution is 7.89. The second-order valence-corrected chi connectivity index (χ2v) is 7.95. The standard InChI is InChI=1S/C17H18ClFN2O3S.ClH/c1-24-16-5-3-2-4-13(16)15-11-20-8-9-21(15)25(22,23)17-7-6-12(18)10-14(17)19;/h2-7,10,15,20H,8-9,11H2,1H3;1H. The van der Waals surface area contributed by atoms with Crippen molar-refractivity contribution in [2.75, 3.05) is 26.7 Å². The number of halogens is 3. The Labute approximate surface area is 163 Å². The Morgan fingerprint density at radius 3 is 2.69 bits per heavy atom. The molecule has 1 aliphatic rings. The lowest BCUT2D eigenvalue weighted by atomic mass is 10.0. The number of benzene rings is 2. The van der Waals surface area contributed by atoms with Gasteiger partial charge in [0.15, 0.2) is 0 Å². The number of nitrogens with zero attached hydrogens (tertiary/aromatic N) is 1. The van der Waals surface area contributed by atoms with E-state index >= 15 is 0 Å². The summed E-state index contributed by atoms with van der Waals surface area (Å²) in [5.74, 6) is -0.266. The molecule has 0 saturated carbocycles. The third-order valence-corrected chi connectivity index (χ3v) is 6.35. The number of ether oxygens (including phenoxy) is 1. The summed E-state index contributed by atoms with van der Waals surface area (Å²) >= 11 is 5.74. The molecule has 0 radical (unpaired) electrons. The van der Waals surface area contributed by atoms with Crippen LogP contribution in [0, 0.1) is 5.82 Å². The molecule has 5 nitrogen and oxygen atoms in total. The van der Waals surface area contributed by atoms with E-state index in [4.69, 9.17) is 16.3 Å². The molecule has 1 saturated heterocycles. The Balaban J connectivity index is 0.00000243. The minimum Gasteiger partial charge on any atom is -0.496 e. The molecule has 2 aromatic carbocycles. The molecule has 2 aromatic rings. The number of para-hydroxylation sites is 1. The van der Waals surface area contributed by atoms with Crippen molar-refractivity contribution in [3.8, 4) is 5.75 Å². The molecule has 0 aliphatic carbocycles. The highest BCUT2D eigenvalue weighted by Crippen LogP contribution is 2.34. The lowest BCUT2D eigenvalue weighted by Crippen LogP contribution is -2.48. The predicted molar refractivity (Wildman–Crippen MR) is 101 cm³/mol. The van der Waals surface area contributed by atoms with Gasteiger partial charge in [-0.2, -0.15) is 4.31 Å². The van der Waals surface area contributed by atoms with Crippen molar-refractivity contribution in [3.63, 3.8) is 0 Å². The normalized spacial score (nSPS) is 18.2. The van der Waals surface area contributed by atoms with E-state index in [9.17, 15) is 12.8 Å². The van der Waals surface area contributed by atoms with Gasteiger partial charge >= 0.3 is 0 Å². The molecular weight excluding hydrogens is 402 g/mol. The molecule has 3 rings (SSSR count). The van der Waals surface area contributed by atoms with Gasteiger partial charge in [-0.05, 0) is 24.3 Å². The van der Waals surface area contributed by atoms with Crippen LogP contribution < -0.4 is 10.1 Å². The van der Waals surface area contributed by atoms with Gasteiger partial charge in [0.25, 0.3) is 0 Å². The van der Waals surface area contributed by atoms with E-state index in [0.717, 1.165) is 11.6 Å². The summed E-state index contributed by atoms with van der Waals surface area (Å²) in [5, 5.41) is 3.34. The summed E-state index contributed by atoms with van der Waals surface area (Å²) in [4.78, 5) is -0.376. The zero-order valence-electron chi connectivity index (χ0n) is 14.0. The molecular formula is C17H19Cl2FN2O3S. The van der Waals surface area contributed by atoms with Crippen molar-refractivity contribution in [1.82, 2.24) is 9.62 Å². The molecule has 142 valence electrons. The molecule has 1 aliphatic heterocycles. The Morgan fingerprint density at radius 1 is 1.27 bits per heavy atom. The monoisotopic (exact) mass is 420 g/mol. The second kappa shape index (κ2) is 8.54. The minimum absolute atomic E-state index is 0. The molecule has 1 atom stereocenters. The third-order valence-electron chi connectivity index (χ3n) is 4.17. The highest BCUT2D eigenvalue weighted by Gasteiger charge is 2.37. The van der Waals surface area contributed by atoms with Crippen LogP contribution >= 0.6 is 24.0 Å². The maximum atomic E-state index is 14.2. The fourth-order valence-corrected chi connectivity index (χ4v) is 4.80. The average Bonchev–Trinajstić information content (AvgIpc) is 2.61. The summed E-state index contributed by atoms with van der Waals surface area (Å²) in [7, 11) is -2.49. The molecule has 0 bridgehead atoms. The SMILES string of the molecule is COc1ccccc1C1CNCCN1S(=O)(=O)c1ccc(Cl)cc1F.Cl. The molecule has 0 aromatic heterocycles. The maximum Gasteiger partial charge on any atom is 0.246 e. The molecule has 26 heavy (non-hydrogen) atoms. The molecule has 0 amide bonds. The number of rotatable bonds is 4. The average molecular weight is 421 g/mol. The molecule has 1 fully saturated rings. The highest BCUT2D eigenvalue weighted by atomic mass is 35.5. The Bertz CT molecular complexity index is 880. The van der Waals surface area contributed by atoms with E-state index in [1.165, 1.54) is 23.5 Å². The van der Waals surface area contributed by atoms with Crippen molar-refractivity contribution in [3.05, 3.63) is 58.9 Å². The van der Waals surface area contributed by atoms with E-state index < -0.39 is 21.9 Å². The lowest BCUT2D eigenvalue weighted by molar-refractivity contribution is 0.264. The van der Waals surface area contributed by atoms with Gasteiger partial charge in [-0.25, -0.2) is 12.8 Å². The second-order valence-electron chi connectivity index (χ2n) is 5.65. The van der Waals surface area contributed by atoms with Crippen LogP contribution in [0.25, 0.3) is 0 Å². The van der Waals surface area contributed by atoms with E-state index in [2.05, 4.69) is 5.32 Å². The van der Waals surface area contributed by atoms with Crippen molar-refractivity contribution in [1.29, 1.82) is 0 Å². The first kappa shape index (κ1) is 20.9. The third kappa shape index (κ3) is 3.97. The first-order chi connectivity index (χ1) is 11.9. The number of nitrogens with one attached hydrogen (secondary N) is 1. The van der Waals surface area contributed by atoms with E-state index in [-0.39, 0.29) is 28.9 Å². The van der Waals surface area contributed by atoms with Gasteiger partial charge in [-0.15, -0.1) is 12.4 Å². The van der Waals surface area contributed by atoms with Gasteiger partial charge in [0.2, 0.25) is 10.0 Å². The molecule has 1 N–H and O–H groups in total. The summed E-state index contributed by atoms with van der Waals surface area (Å²) < 4.78 is 47.1. The predicted octanol–water partition coefficient (Wildman–Crippen LogP) is 3.24. The largest absolute Gasteiger partial charge is 0.496 e. The fourth-order valence-electron chi connectivity index (χ4n) is 2.99. The summed E-state index contributed by atoms with van der Waals surface area (Å²) in [5.41, 5.74) is 0.732. The number of hydrogen-bond donors (Lipinski definition) is 1. The van der Waals surface area contributed by atoms with Gasteiger partial charge in [-0.3, -0.25) is 0 Å². The summed E-state index contributed by atoms with van der Waals surface area (Å²) in [6, 6.07) is 10.3. The Kier molecular flexibility index (Phi) is 6.87. The first-order valence-electron chi connectivity index (χ1n) is 7.75. The van der Waals surface area contributed by atoms with Crippen molar-refractivity contribution >= 4 is 34.0 Å². The van der Waals surface area contributed by atoms with Crippen molar-refractivity contribution in [2.24, 2.45) is 0 Å². The van der Waals surface area contributed by atoms with Gasteiger partial charge in [0.1, 0.15) is 16.5 Å². The van der Waals surface area contributed by atoms with Gasteiger partial charge in [0.05, 0.1) is 13.2 Å². The van der Waals surface area contributed by atoms with Crippen LogP contribution in [0.3, 0.4) is 0 Å². The zero-order chi connectivity index (χ0) is 18.0. The molecule has 1 heterocycles. The van der Waals surface area contributed by atoms with E-state index in [1.54, 1.807) is 6.07 Å². The molecule has 0 spiro atoms. The smallest absolute Gasteiger partial charge is 0.246 e. The summed E-state index contributed by atoms with van der Waals surface area (Å²) in [6.45, 7) is 1.13. The van der Waals surface area contributed by atoms with Crippen LogP contribution in [0.5, 0.6) is 5.75 Å². The Morgan fingerprint density at radius 2 is 2.00 bits per heavy atom. The van der Waals surface area contributed by atoms with Crippen molar-refractivity contribution in [2.45, 2.75) is 10.9 Å². The van der Waals surface area contributed by atoms with Crippen molar-refractivity contribution < 1.29 is 17.5 Å². The number of piperazine rings is 1. The molecule has 9 heteroatoms. The van der Waals surface area contributed by atoms with Crippen LogP contribution in [-0.2, 0) is 10.0 Å². The van der Waals surface area contributed by atoms with Gasteiger partial charge in [0, 0.05) is 30.2 Å². The first-order valence-corrected chi connectivity index (χ1v) is 9.57. The van der Waals surface area contributed by atoms with Crippen LogP contribution in [0.4, 0.5) is 4.39 Å². The quantitative estimate of drug-likeness (QED) is 0.824. The molecule has 1 unspecified atom stereocenters. The maximum absolute atomic E-state index is 14.2. The minimum atomic E-state index is -4.03. The van der Waals surface area contributed by atoms with Crippen LogP contribution in [0.1, 0.15) is 11.6 Å². The van der Waals surface area contributed by atoms with Crippen LogP contribution in [0.2, 0.25) is 5.02 Å². The zero-order valence-corrected chi connectivity index (χ0v) is 16.4. The Hall–Kier alpha value is -1.38. The number of sulfonamides is 1. The topological polar surface area (TPSA) is 58.6 Å². The van der Waals surface area contributed by atoms with Gasteiger partial charge < -0.3 is 10.1 Å². The van der Waals surface area contributed by atoms with Crippen LogP contribution in [-0.4, -0.2) is 39.5 Å². The van der Waals surface area contributed by atoms with Gasteiger partial charge in [-0.1, -0.05) is 29.8 Å². The van der Waals surface area contributed by atoms with Crippen LogP contribution in [0.15, 0.2) is 47.4 Å². The van der Waals surface area contributed by atoms with E-state index in [1.807, 2.05) is 18.2 Å².